The second kappa shape index (κ2) is 8.23. The van der Waals surface area contributed by atoms with Crippen LogP contribution in [0, 0.1) is 6.92 Å². The van der Waals surface area contributed by atoms with Gasteiger partial charge in [-0.3, -0.25) is 4.79 Å². The fourth-order valence-electron chi connectivity index (χ4n) is 2.68. The van der Waals surface area contributed by atoms with Crippen LogP contribution in [0.25, 0.3) is 5.69 Å². The molecule has 0 saturated carbocycles. The Hall–Kier alpha value is -3.54. The second-order valence-corrected chi connectivity index (χ2v) is 5.90. The first kappa shape index (κ1) is 18.3. The number of aryl methyl sites for hydroxylation is 1. The first-order valence-corrected chi connectivity index (χ1v) is 8.42. The van der Waals surface area contributed by atoms with Crippen LogP contribution >= 0.6 is 0 Å². The quantitative estimate of drug-likeness (QED) is 0.538. The van der Waals surface area contributed by atoms with E-state index in [1.807, 2.05) is 66.2 Å². The minimum Gasteiger partial charge on any atom is -0.497 e. The molecule has 6 heteroatoms. The van der Waals surface area contributed by atoms with Gasteiger partial charge >= 0.3 is 0 Å². The number of nitrogens with one attached hydrogen (secondary N) is 1. The highest BCUT2D eigenvalue weighted by atomic mass is 16.5. The molecule has 0 radical (unpaired) electrons. The van der Waals surface area contributed by atoms with Gasteiger partial charge in [0.25, 0.3) is 5.91 Å². The van der Waals surface area contributed by atoms with Crippen molar-refractivity contribution in [3.05, 3.63) is 77.6 Å². The molecule has 1 amide bonds. The van der Waals surface area contributed by atoms with Crippen LogP contribution < -0.4 is 14.9 Å². The molecule has 3 aromatic rings. The summed E-state index contributed by atoms with van der Waals surface area (Å²) in [6.07, 6.45) is 3.52. The van der Waals surface area contributed by atoms with Gasteiger partial charge in [-0.05, 0) is 61.0 Å². The van der Waals surface area contributed by atoms with Crippen molar-refractivity contribution in [1.82, 2.24) is 9.99 Å². The summed E-state index contributed by atoms with van der Waals surface area (Å²) in [4.78, 5) is 12.4. The molecule has 3 rings (SSSR count). The Labute approximate surface area is 158 Å². The van der Waals surface area contributed by atoms with Crippen molar-refractivity contribution in [2.75, 3.05) is 14.2 Å². The van der Waals surface area contributed by atoms with Gasteiger partial charge in [0.2, 0.25) is 0 Å². The molecule has 0 aliphatic rings. The van der Waals surface area contributed by atoms with Crippen molar-refractivity contribution in [3.8, 4) is 17.2 Å². The van der Waals surface area contributed by atoms with E-state index in [9.17, 15) is 4.79 Å². The lowest BCUT2D eigenvalue weighted by molar-refractivity contribution is 0.0952. The summed E-state index contributed by atoms with van der Waals surface area (Å²) in [7, 11) is 3.17. The van der Waals surface area contributed by atoms with Gasteiger partial charge in [-0.25, -0.2) is 5.43 Å². The van der Waals surface area contributed by atoms with Gasteiger partial charge in [-0.1, -0.05) is 6.07 Å². The fourth-order valence-corrected chi connectivity index (χ4v) is 2.68. The van der Waals surface area contributed by atoms with Gasteiger partial charge in [0.05, 0.1) is 31.7 Å². The lowest BCUT2D eigenvalue weighted by Gasteiger charge is -2.08. The Morgan fingerprint density at radius 3 is 2.56 bits per heavy atom. The lowest BCUT2D eigenvalue weighted by Crippen LogP contribution is -2.18. The summed E-state index contributed by atoms with van der Waals surface area (Å²) >= 11 is 0. The predicted molar refractivity (Wildman–Crippen MR) is 105 cm³/mol. The number of carbonyl (C=O) groups is 1. The molecule has 1 N–H and O–H groups in total. The molecule has 2 aromatic carbocycles. The zero-order valence-electron chi connectivity index (χ0n) is 15.5. The first-order chi connectivity index (χ1) is 13.1. The Balaban J connectivity index is 1.74. The molecule has 0 unspecified atom stereocenters. The van der Waals surface area contributed by atoms with Gasteiger partial charge in [0, 0.05) is 11.9 Å². The fraction of sp³-hybridized carbons (Fsp3) is 0.143. The van der Waals surface area contributed by atoms with Crippen LogP contribution in [0.2, 0.25) is 0 Å². The minimum absolute atomic E-state index is 0.328. The van der Waals surface area contributed by atoms with Crippen molar-refractivity contribution in [2.24, 2.45) is 5.10 Å². The molecule has 1 aromatic heterocycles. The summed E-state index contributed by atoms with van der Waals surface area (Å²) in [5, 5.41) is 4.08. The average molecular weight is 363 g/mol. The van der Waals surface area contributed by atoms with Crippen molar-refractivity contribution in [1.29, 1.82) is 0 Å². The van der Waals surface area contributed by atoms with E-state index < -0.39 is 0 Å². The van der Waals surface area contributed by atoms with Crippen molar-refractivity contribution in [3.63, 3.8) is 0 Å². The highest BCUT2D eigenvalue weighted by molar-refractivity contribution is 5.97. The van der Waals surface area contributed by atoms with Crippen LogP contribution in [0.3, 0.4) is 0 Å². The molecule has 1 heterocycles. The largest absolute Gasteiger partial charge is 0.497 e. The molecule has 0 aliphatic carbocycles. The normalized spacial score (nSPS) is 10.8. The number of hydrogen-bond acceptors (Lipinski definition) is 4. The third kappa shape index (κ3) is 4.17. The monoisotopic (exact) mass is 363 g/mol. The Morgan fingerprint density at radius 2 is 1.85 bits per heavy atom. The molecular formula is C21H21N3O3. The molecule has 6 nitrogen and oxygen atoms in total. The zero-order chi connectivity index (χ0) is 19.2. The van der Waals surface area contributed by atoms with E-state index in [2.05, 4.69) is 10.5 Å². The van der Waals surface area contributed by atoms with Crippen LogP contribution in [0.5, 0.6) is 11.5 Å². The van der Waals surface area contributed by atoms with Crippen LogP contribution in [0.1, 0.15) is 21.6 Å². The number of carbonyl (C=O) groups excluding carboxylic acids is 1. The van der Waals surface area contributed by atoms with Gasteiger partial charge in [0.1, 0.15) is 11.5 Å². The van der Waals surface area contributed by atoms with E-state index in [1.165, 1.54) is 7.11 Å². The van der Waals surface area contributed by atoms with Crippen LogP contribution in [0.15, 0.2) is 65.9 Å². The van der Waals surface area contributed by atoms with Gasteiger partial charge in [-0.2, -0.15) is 5.10 Å². The minimum atomic E-state index is -0.328. The Kier molecular flexibility index (Phi) is 5.56. The second-order valence-electron chi connectivity index (χ2n) is 5.90. The van der Waals surface area contributed by atoms with E-state index in [4.69, 9.17) is 9.47 Å². The van der Waals surface area contributed by atoms with E-state index in [1.54, 1.807) is 19.4 Å². The third-order valence-corrected chi connectivity index (χ3v) is 4.10. The van der Waals surface area contributed by atoms with Gasteiger partial charge < -0.3 is 14.0 Å². The van der Waals surface area contributed by atoms with Crippen molar-refractivity contribution in [2.45, 2.75) is 6.92 Å². The molecule has 0 fully saturated rings. The van der Waals surface area contributed by atoms with Gasteiger partial charge in [0.15, 0.2) is 0 Å². The number of hydrazone groups is 1. The highest BCUT2D eigenvalue weighted by Gasteiger charge is 2.11. The summed E-state index contributed by atoms with van der Waals surface area (Å²) in [5.74, 6) is 0.982. The highest BCUT2D eigenvalue weighted by Crippen LogP contribution is 2.20. The van der Waals surface area contributed by atoms with Crippen molar-refractivity contribution < 1.29 is 14.3 Å². The molecule has 0 aliphatic heterocycles. The van der Waals surface area contributed by atoms with Crippen LogP contribution in [-0.4, -0.2) is 30.9 Å². The SMILES string of the molecule is COc1ccc(-n2cccc2/C=N\NC(=O)c2ccc(C)cc2OC)cc1. The number of hydrogen-bond donors (Lipinski definition) is 1. The topological polar surface area (TPSA) is 64.8 Å². The number of benzene rings is 2. The molecule has 138 valence electrons. The summed E-state index contributed by atoms with van der Waals surface area (Å²) in [6, 6.07) is 16.9. The van der Waals surface area contributed by atoms with Gasteiger partial charge in [-0.15, -0.1) is 0 Å². The molecule has 0 saturated heterocycles. The predicted octanol–water partition coefficient (Wildman–Crippen LogP) is 3.57. The molecule has 0 spiro atoms. The number of aromatic nitrogens is 1. The van der Waals surface area contributed by atoms with Crippen LogP contribution in [0.4, 0.5) is 0 Å². The Morgan fingerprint density at radius 1 is 1.07 bits per heavy atom. The third-order valence-electron chi connectivity index (χ3n) is 4.10. The maximum atomic E-state index is 12.4. The smallest absolute Gasteiger partial charge is 0.275 e. The molecular weight excluding hydrogens is 342 g/mol. The summed E-state index contributed by atoms with van der Waals surface area (Å²) < 4.78 is 12.4. The van der Waals surface area contributed by atoms with E-state index in [-0.39, 0.29) is 5.91 Å². The average Bonchev–Trinajstić information content (AvgIpc) is 3.16. The standard InChI is InChI=1S/C21H21N3O3/c1-15-6-11-19(20(13-15)27-3)21(25)23-22-14-17-5-4-12-24(17)16-7-9-18(26-2)10-8-16/h4-14H,1-3H3,(H,23,25)/b22-14-. The zero-order valence-corrected chi connectivity index (χ0v) is 15.5. The summed E-state index contributed by atoms with van der Waals surface area (Å²) in [5.41, 5.74) is 5.80. The van der Waals surface area contributed by atoms with Crippen LogP contribution in [-0.2, 0) is 0 Å². The number of rotatable bonds is 6. The maximum absolute atomic E-state index is 12.4. The van der Waals surface area contributed by atoms with E-state index in [0.29, 0.717) is 11.3 Å². The molecule has 27 heavy (non-hydrogen) atoms. The molecule has 0 bridgehead atoms. The number of methoxy groups -OCH3 is 2. The van der Waals surface area contributed by atoms with Crippen molar-refractivity contribution >= 4 is 12.1 Å². The maximum Gasteiger partial charge on any atom is 0.275 e. The first-order valence-electron chi connectivity index (χ1n) is 8.42. The van der Waals surface area contributed by atoms with E-state index >= 15 is 0 Å². The Bertz CT molecular complexity index is 959. The number of nitrogens with zero attached hydrogens (tertiary/aromatic N) is 2. The van der Waals surface area contributed by atoms with E-state index in [0.717, 1.165) is 22.7 Å². The lowest BCUT2D eigenvalue weighted by atomic mass is 10.1. The summed E-state index contributed by atoms with van der Waals surface area (Å²) in [6.45, 7) is 1.94. The molecule has 0 atom stereocenters. The number of ether oxygens (including phenoxy) is 2. The number of amides is 1.